The summed E-state index contributed by atoms with van der Waals surface area (Å²) >= 11 is 0. The first-order valence-electron chi connectivity index (χ1n) is 7.71. The van der Waals surface area contributed by atoms with Crippen molar-refractivity contribution in [2.45, 2.75) is 13.3 Å². The zero-order valence-electron chi connectivity index (χ0n) is 13.1. The molecule has 2 aromatic heterocycles. The number of rotatable bonds is 5. The molecule has 0 spiro atoms. The smallest absolute Gasteiger partial charge is 0.321 e. The van der Waals surface area contributed by atoms with Gasteiger partial charge in [0.05, 0.1) is 18.5 Å². The van der Waals surface area contributed by atoms with Gasteiger partial charge in [-0.3, -0.25) is 0 Å². The molecule has 8 nitrogen and oxygen atoms in total. The molecule has 2 amide bonds. The van der Waals surface area contributed by atoms with Crippen LogP contribution >= 0.6 is 0 Å². The van der Waals surface area contributed by atoms with Crippen molar-refractivity contribution in [1.82, 2.24) is 24.6 Å². The van der Waals surface area contributed by atoms with Gasteiger partial charge >= 0.3 is 6.03 Å². The van der Waals surface area contributed by atoms with E-state index in [1.54, 1.807) is 34.2 Å². The van der Waals surface area contributed by atoms with Crippen molar-refractivity contribution in [3.63, 3.8) is 0 Å². The van der Waals surface area contributed by atoms with Crippen LogP contribution in [-0.4, -0.2) is 57.0 Å². The molecule has 1 N–H and O–H groups in total. The van der Waals surface area contributed by atoms with Gasteiger partial charge in [-0.25, -0.2) is 19.4 Å². The highest BCUT2D eigenvalue weighted by molar-refractivity contribution is 5.89. The van der Waals surface area contributed by atoms with Gasteiger partial charge in [-0.1, -0.05) is 0 Å². The summed E-state index contributed by atoms with van der Waals surface area (Å²) in [5.41, 5.74) is 0.653. The lowest BCUT2D eigenvalue weighted by molar-refractivity contribution is 0.171. The van der Waals surface area contributed by atoms with Crippen molar-refractivity contribution in [2.75, 3.05) is 31.6 Å². The minimum absolute atomic E-state index is 0.116. The van der Waals surface area contributed by atoms with E-state index < -0.39 is 0 Å². The van der Waals surface area contributed by atoms with E-state index in [1.807, 2.05) is 6.92 Å². The van der Waals surface area contributed by atoms with Gasteiger partial charge < -0.3 is 15.0 Å². The average Bonchev–Trinajstić information content (AvgIpc) is 3.27. The number of anilines is 1. The number of ether oxygens (including phenoxy) is 1. The first-order chi connectivity index (χ1) is 11.3. The van der Waals surface area contributed by atoms with Crippen molar-refractivity contribution in [1.29, 1.82) is 0 Å². The number of carbonyl (C=O) groups is 1. The van der Waals surface area contributed by atoms with E-state index in [0.717, 1.165) is 19.6 Å². The average molecular weight is 316 g/mol. The van der Waals surface area contributed by atoms with E-state index in [-0.39, 0.29) is 6.03 Å². The van der Waals surface area contributed by atoms with Crippen molar-refractivity contribution in [3.05, 3.63) is 31.0 Å². The molecule has 1 saturated heterocycles. The predicted molar refractivity (Wildman–Crippen MR) is 84.3 cm³/mol. The van der Waals surface area contributed by atoms with Gasteiger partial charge in [-0.05, 0) is 25.5 Å². The Morgan fingerprint density at radius 1 is 1.52 bits per heavy atom. The fraction of sp³-hybridized carbons (Fsp3) is 0.467. The van der Waals surface area contributed by atoms with Crippen molar-refractivity contribution < 1.29 is 9.53 Å². The fourth-order valence-corrected chi connectivity index (χ4v) is 2.52. The lowest BCUT2D eigenvalue weighted by atomic mass is 10.1. The van der Waals surface area contributed by atoms with Gasteiger partial charge in [0.15, 0.2) is 5.82 Å². The standard InChI is InChI=1S/C15H20N6O2/c1-2-20(8-12-5-6-23-9-12)15(22)19-13-3-4-14(17-7-13)21-11-16-10-18-21/h3-4,7,10-12H,2,5-6,8-9H2,1H3,(H,19,22)/t12-/m1/s1. The lowest BCUT2D eigenvalue weighted by Crippen LogP contribution is -2.38. The van der Waals surface area contributed by atoms with E-state index in [1.165, 1.54) is 6.33 Å². The Hall–Kier alpha value is -2.48. The van der Waals surface area contributed by atoms with E-state index in [4.69, 9.17) is 4.74 Å². The SMILES string of the molecule is CCN(C[C@H]1CCOC1)C(=O)Nc1ccc(-n2cncn2)nc1. The first kappa shape index (κ1) is 15.4. The highest BCUT2D eigenvalue weighted by Gasteiger charge is 2.21. The summed E-state index contributed by atoms with van der Waals surface area (Å²) in [5.74, 6) is 1.07. The summed E-state index contributed by atoms with van der Waals surface area (Å²) in [6.45, 7) is 4.87. The zero-order valence-corrected chi connectivity index (χ0v) is 13.1. The molecule has 1 atom stereocenters. The van der Waals surface area contributed by atoms with Crippen molar-refractivity contribution in [3.8, 4) is 5.82 Å². The second kappa shape index (κ2) is 7.19. The molecule has 8 heteroatoms. The number of nitrogens with zero attached hydrogens (tertiary/aromatic N) is 5. The molecule has 2 aromatic rings. The fourth-order valence-electron chi connectivity index (χ4n) is 2.52. The molecule has 0 radical (unpaired) electrons. The summed E-state index contributed by atoms with van der Waals surface area (Å²) in [5, 5.41) is 6.89. The van der Waals surface area contributed by atoms with E-state index in [0.29, 0.717) is 30.5 Å². The van der Waals surface area contributed by atoms with Gasteiger partial charge in [0.25, 0.3) is 0 Å². The Labute approximate surface area is 134 Å². The number of pyridine rings is 1. The molecule has 0 aliphatic carbocycles. The van der Waals surface area contributed by atoms with Crippen molar-refractivity contribution >= 4 is 11.7 Å². The number of nitrogens with one attached hydrogen (secondary N) is 1. The van der Waals surface area contributed by atoms with Gasteiger partial charge in [0, 0.05) is 25.6 Å². The molecule has 0 aromatic carbocycles. The van der Waals surface area contributed by atoms with E-state index >= 15 is 0 Å². The maximum absolute atomic E-state index is 12.4. The normalized spacial score (nSPS) is 17.2. The number of hydrogen-bond acceptors (Lipinski definition) is 5. The summed E-state index contributed by atoms with van der Waals surface area (Å²) < 4.78 is 6.93. The third kappa shape index (κ3) is 3.84. The molecule has 0 saturated carbocycles. The van der Waals surface area contributed by atoms with Crippen LogP contribution < -0.4 is 5.32 Å². The Morgan fingerprint density at radius 2 is 2.43 bits per heavy atom. The highest BCUT2D eigenvalue weighted by atomic mass is 16.5. The Kier molecular flexibility index (Phi) is 4.82. The predicted octanol–water partition coefficient (Wildman–Crippen LogP) is 1.55. The second-order valence-corrected chi connectivity index (χ2v) is 5.44. The minimum atomic E-state index is -0.116. The Morgan fingerprint density at radius 3 is 3.04 bits per heavy atom. The molecule has 0 bridgehead atoms. The minimum Gasteiger partial charge on any atom is -0.381 e. The molecule has 3 heterocycles. The molecule has 3 rings (SSSR count). The first-order valence-corrected chi connectivity index (χ1v) is 7.71. The number of aromatic nitrogens is 4. The zero-order chi connectivity index (χ0) is 16.1. The number of carbonyl (C=O) groups excluding carboxylic acids is 1. The van der Waals surface area contributed by atoms with Crippen LogP contribution in [-0.2, 0) is 4.74 Å². The monoisotopic (exact) mass is 316 g/mol. The quantitative estimate of drug-likeness (QED) is 0.904. The highest BCUT2D eigenvalue weighted by Crippen LogP contribution is 2.15. The Bertz CT molecular complexity index is 622. The summed E-state index contributed by atoms with van der Waals surface area (Å²) in [7, 11) is 0. The largest absolute Gasteiger partial charge is 0.381 e. The maximum atomic E-state index is 12.4. The molecular weight excluding hydrogens is 296 g/mol. The van der Waals surface area contributed by atoms with Crippen LogP contribution in [0.3, 0.4) is 0 Å². The molecule has 122 valence electrons. The van der Waals surface area contributed by atoms with E-state index in [2.05, 4.69) is 20.4 Å². The van der Waals surface area contributed by atoms with Crippen LogP contribution in [0.1, 0.15) is 13.3 Å². The molecule has 23 heavy (non-hydrogen) atoms. The summed E-state index contributed by atoms with van der Waals surface area (Å²) in [4.78, 5) is 22.3. The van der Waals surface area contributed by atoms with Gasteiger partial charge in [0.1, 0.15) is 12.7 Å². The third-order valence-corrected chi connectivity index (χ3v) is 3.82. The van der Waals surface area contributed by atoms with Gasteiger partial charge in [-0.2, -0.15) is 5.10 Å². The maximum Gasteiger partial charge on any atom is 0.321 e. The van der Waals surface area contributed by atoms with Gasteiger partial charge in [-0.15, -0.1) is 0 Å². The van der Waals surface area contributed by atoms with Crippen molar-refractivity contribution in [2.24, 2.45) is 5.92 Å². The number of urea groups is 1. The second-order valence-electron chi connectivity index (χ2n) is 5.44. The summed E-state index contributed by atoms with van der Waals surface area (Å²) in [6, 6.07) is 3.47. The van der Waals surface area contributed by atoms with Crippen LogP contribution in [0.4, 0.5) is 10.5 Å². The molecule has 1 fully saturated rings. The lowest BCUT2D eigenvalue weighted by Gasteiger charge is -2.24. The van der Waals surface area contributed by atoms with Crippen LogP contribution in [0, 0.1) is 5.92 Å². The molecule has 1 aliphatic heterocycles. The topological polar surface area (TPSA) is 85.2 Å². The number of hydrogen-bond donors (Lipinski definition) is 1. The third-order valence-electron chi connectivity index (χ3n) is 3.82. The number of amides is 2. The van der Waals surface area contributed by atoms with Crippen LogP contribution in [0.2, 0.25) is 0 Å². The molecule has 0 unspecified atom stereocenters. The Balaban J connectivity index is 1.59. The van der Waals surface area contributed by atoms with Crippen LogP contribution in [0.15, 0.2) is 31.0 Å². The molecule has 1 aliphatic rings. The molecular formula is C15H20N6O2. The van der Waals surface area contributed by atoms with Crippen LogP contribution in [0.25, 0.3) is 5.82 Å². The van der Waals surface area contributed by atoms with E-state index in [9.17, 15) is 4.79 Å². The van der Waals surface area contributed by atoms with Crippen LogP contribution in [0.5, 0.6) is 0 Å². The van der Waals surface area contributed by atoms with Gasteiger partial charge in [0.2, 0.25) is 0 Å². The summed E-state index contributed by atoms with van der Waals surface area (Å²) in [6.07, 6.45) is 5.64.